The molecular formula is C23H28O10. The van der Waals surface area contributed by atoms with E-state index in [0.717, 1.165) is 0 Å². The minimum Gasteiger partial charge on any atom is -0.459 e. The molecule has 0 spiro atoms. The summed E-state index contributed by atoms with van der Waals surface area (Å²) in [5.74, 6) is -4.94. The molecule has 3 aliphatic rings. The molecule has 0 amide bonds. The van der Waals surface area contributed by atoms with Crippen LogP contribution in [0.3, 0.4) is 0 Å². The van der Waals surface area contributed by atoms with Gasteiger partial charge in [0.2, 0.25) is 0 Å². The van der Waals surface area contributed by atoms with Gasteiger partial charge in [0.25, 0.3) is 0 Å². The van der Waals surface area contributed by atoms with Gasteiger partial charge in [-0.05, 0) is 12.3 Å². The van der Waals surface area contributed by atoms with Crippen LogP contribution in [-0.2, 0) is 28.6 Å². The van der Waals surface area contributed by atoms with Crippen molar-refractivity contribution >= 4 is 17.9 Å². The molecule has 10 heteroatoms. The Bertz CT molecular complexity index is 920. The van der Waals surface area contributed by atoms with E-state index >= 15 is 0 Å². The second kappa shape index (κ2) is 9.22. The predicted molar refractivity (Wildman–Crippen MR) is 112 cm³/mol. The first kappa shape index (κ1) is 24.8. The standard InChI is InChI=1S/C23H28O10/c1-10-5-15(32-21(28)12(3)8-25)17-13(4)22(29)33-19(17)18-14(10)6-16(26)23(18,30)9-31-20(27)11(2)7-24/h14-19,24-26,30H,1-9H2. The lowest BCUT2D eigenvalue weighted by Gasteiger charge is -2.37. The summed E-state index contributed by atoms with van der Waals surface area (Å²) in [6.07, 6.45) is -3.22. The largest absolute Gasteiger partial charge is 0.459 e. The molecule has 7 atom stereocenters. The molecule has 2 saturated carbocycles. The monoisotopic (exact) mass is 464 g/mol. The number of aliphatic hydroxyl groups excluding tert-OH is 3. The lowest BCUT2D eigenvalue weighted by molar-refractivity contribution is -0.177. The van der Waals surface area contributed by atoms with Crippen LogP contribution in [0.25, 0.3) is 0 Å². The molecule has 3 rings (SSSR count). The van der Waals surface area contributed by atoms with Crippen molar-refractivity contribution in [3.63, 3.8) is 0 Å². The van der Waals surface area contributed by atoms with Crippen LogP contribution in [0.1, 0.15) is 12.8 Å². The van der Waals surface area contributed by atoms with Gasteiger partial charge >= 0.3 is 17.9 Å². The molecule has 0 bridgehead atoms. The zero-order valence-electron chi connectivity index (χ0n) is 18.1. The van der Waals surface area contributed by atoms with Crippen LogP contribution in [0.15, 0.2) is 48.6 Å². The summed E-state index contributed by atoms with van der Waals surface area (Å²) >= 11 is 0. The predicted octanol–water partition coefficient (Wildman–Crippen LogP) is -0.676. The van der Waals surface area contributed by atoms with Gasteiger partial charge in [0.05, 0.1) is 36.4 Å². The maximum Gasteiger partial charge on any atom is 0.336 e. The highest BCUT2D eigenvalue weighted by atomic mass is 16.6. The minimum atomic E-state index is -2.03. The summed E-state index contributed by atoms with van der Waals surface area (Å²) in [6.45, 7) is 12.7. The third kappa shape index (κ3) is 4.26. The Morgan fingerprint density at radius 1 is 1.12 bits per heavy atom. The van der Waals surface area contributed by atoms with E-state index in [1.165, 1.54) is 0 Å². The summed E-state index contributed by atoms with van der Waals surface area (Å²) in [5.41, 5.74) is -1.88. The van der Waals surface area contributed by atoms with E-state index in [2.05, 4.69) is 26.3 Å². The van der Waals surface area contributed by atoms with Crippen LogP contribution in [0.4, 0.5) is 0 Å². The molecule has 2 aliphatic carbocycles. The van der Waals surface area contributed by atoms with E-state index in [4.69, 9.17) is 19.3 Å². The lowest BCUT2D eigenvalue weighted by Crippen LogP contribution is -2.54. The number of hydrogen-bond donors (Lipinski definition) is 4. The van der Waals surface area contributed by atoms with Crippen LogP contribution >= 0.6 is 0 Å². The normalized spacial score (nSPS) is 35.2. The fourth-order valence-corrected chi connectivity index (χ4v) is 4.91. The third-order valence-electron chi connectivity index (χ3n) is 6.72. The van der Waals surface area contributed by atoms with Gasteiger partial charge in [0.1, 0.15) is 24.4 Å². The highest BCUT2D eigenvalue weighted by Crippen LogP contribution is 2.55. The number of esters is 3. The van der Waals surface area contributed by atoms with E-state index in [-0.39, 0.29) is 29.6 Å². The number of hydrogen-bond acceptors (Lipinski definition) is 10. The van der Waals surface area contributed by atoms with Crippen molar-refractivity contribution in [2.75, 3.05) is 19.8 Å². The van der Waals surface area contributed by atoms with Crippen molar-refractivity contribution in [2.45, 2.75) is 36.8 Å². The zero-order valence-corrected chi connectivity index (χ0v) is 18.1. The van der Waals surface area contributed by atoms with Gasteiger partial charge in [0, 0.05) is 17.9 Å². The topological polar surface area (TPSA) is 160 Å². The van der Waals surface area contributed by atoms with E-state index < -0.39 is 79.4 Å². The van der Waals surface area contributed by atoms with Gasteiger partial charge in [-0.3, -0.25) is 0 Å². The molecule has 33 heavy (non-hydrogen) atoms. The van der Waals surface area contributed by atoms with Gasteiger partial charge in [-0.1, -0.05) is 31.9 Å². The molecule has 1 heterocycles. The molecule has 0 aromatic rings. The summed E-state index contributed by atoms with van der Waals surface area (Å²) < 4.78 is 16.1. The van der Waals surface area contributed by atoms with Crippen LogP contribution in [0.2, 0.25) is 0 Å². The number of ether oxygens (including phenoxy) is 3. The van der Waals surface area contributed by atoms with Crippen LogP contribution in [-0.4, -0.2) is 82.1 Å². The minimum absolute atomic E-state index is 0.0234. The van der Waals surface area contributed by atoms with E-state index in [9.17, 15) is 29.7 Å². The van der Waals surface area contributed by atoms with Crippen LogP contribution < -0.4 is 0 Å². The van der Waals surface area contributed by atoms with Crippen molar-refractivity contribution in [3.05, 3.63) is 48.6 Å². The maximum atomic E-state index is 12.4. The van der Waals surface area contributed by atoms with Gasteiger partial charge < -0.3 is 34.6 Å². The Morgan fingerprint density at radius 2 is 1.73 bits per heavy atom. The number of fused-ring (bicyclic) bond motifs is 3. The number of carbonyl (C=O) groups excluding carboxylic acids is 3. The van der Waals surface area contributed by atoms with Crippen molar-refractivity contribution in [1.82, 2.24) is 0 Å². The van der Waals surface area contributed by atoms with E-state index in [1.807, 2.05) is 0 Å². The average molecular weight is 464 g/mol. The zero-order chi connectivity index (χ0) is 24.7. The first-order valence-electron chi connectivity index (χ1n) is 10.4. The molecule has 10 nitrogen and oxygen atoms in total. The molecule has 0 aromatic carbocycles. The second-order valence-electron chi connectivity index (χ2n) is 8.70. The second-order valence-corrected chi connectivity index (χ2v) is 8.70. The molecular weight excluding hydrogens is 436 g/mol. The van der Waals surface area contributed by atoms with E-state index in [1.54, 1.807) is 0 Å². The Labute approximate surface area is 190 Å². The first-order chi connectivity index (χ1) is 15.5. The average Bonchev–Trinajstić information content (AvgIpc) is 3.18. The van der Waals surface area contributed by atoms with Crippen LogP contribution in [0, 0.1) is 17.8 Å². The highest BCUT2D eigenvalue weighted by molar-refractivity contribution is 5.92. The molecule has 7 unspecified atom stereocenters. The highest BCUT2D eigenvalue weighted by Gasteiger charge is 2.65. The Hall–Kier alpha value is -2.79. The molecule has 3 fully saturated rings. The van der Waals surface area contributed by atoms with Crippen molar-refractivity contribution in [3.8, 4) is 0 Å². The van der Waals surface area contributed by atoms with Gasteiger partial charge in [-0.2, -0.15) is 0 Å². The van der Waals surface area contributed by atoms with Crippen molar-refractivity contribution in [2.24, 2.45) is 17.8 Å². The summed E-state index contributed by atoms with van der Waals surface area (Å²) in [5, 5.41) is 40.4. The molecule has 1 saturated heterocycles. The van der Waals surface area contributed by atoms with Crippen molar-refractivity contribution in [1.29, 1.82) is 0 Å². The maximum absolute atomic E-state index is 12.4. The molecule has 0 radical (unpaired) electrons. The first-order valence-corrected chi connectivity index (χ1v) is 10.4. The summed E-state index contributed by atoms with van der Waals surface area (Å²) in [4.78, 5) is 36.7. The van der Waals surface area contributed by atoms with Gasteiger partial charge in [0.15, 0.2) is 0 Å². The van der Waals surface area contributed by atoms with Gasteiger partial charge in [-0.25, -0.2) is 14.4 Å². The number of aliphatic hydroxyl groups is 4. The Kier molecular flexibility index (Phi) is 6.94. The smallest absolute Gasteiger partial charge is 0.336 e. The Morgan fingerprint density at radius 3 is 2.33 bits per heavy atom. The quantitative estimate of drug-likeness (QED) is 0.165. The van der Waals surface area contributed by atoms with Crippen molar-refractivity contribution < 1.29 is 49.0 Å². The van der Waals surface area contributed by atoms with Gasteiger partial charge in [-0.15, -0.1) is 0 Å². The summed E-state index contributed by atoms with van der Waals surface area (Å²) in [7, 11) is 0. The molecule has 0 aromatic heterocycles. The fourth-order valence-electron chi connectivity index (χ4n) is 4.91. The van der Waals surface area contributed by atoms with Crippen LogP contribution in [0.5, 0.6) is 0 Å². The fraction of sp³-hybridized carbons (Fsp3) is 0.522. The number of carbonyl (C=O) groups is 3. The molecule has 1 aliphatic heterocycles. The Balaban J connectivity index is 1.96. The molecule has 180 valence electrons. The summed E-state index contributed by atoms with van der Waals surface area (Å²) in [6, 6.07) is 0. The van der Waals surface area contributed by atoms with E-state index in [0.29, 0.717) is 5.57 Å². The third-order valence-corrected chi connectivity index (χ3v) is 6.72. The SMILES string of the molecule is C=C(CO)C(=O)OCC1(O)C(O)CC2C(=C)CC(OC(=O)C(=C)CO)C3C(=C)C(=O)OC3C21. The lowest BCUT2D eigenvalue weighted by atomic mass is 9.76. The molecule has 4 N–H and O–H groups in total. The number of rotatable bonds is 7.